The zero-order chi connectivity index (χ0) is 17.2. The fourth-order valence-electron chi connectivity index (χ4n) is 2.63. The van der Waals surface area contributed by atoms with E-state index in [2.05, 4.69) is 15.3 Å². The first-order valence-electron chi connectivity index (χ1n) is 7.77. The van der Waals surface area contributed by atoms with Crippen LogP contribution in [0.5, 0.6) is 5.75 Å². The van der Waals surface area contributed by atoms with Gasteiger partial charge in [0, 0.05) is 12.2 Å². The minimum atomic E-state index is -0.253. The highest BCUT2D eigenvalue weighted by Gasteiger charge is 2.20. The molecule has 5 nitrogen and oxygen atoms in total. The minimum Gasteiger partial charge on any atom is -0.497 e. The van der Waals surface area contributed by atoms with Crippen LogP contribution in [0, 0.1) is 5.82 Å². The highest BCUT2D eigenvalue weighted by Crippen LogP contribution is 2.25. The van der Waals surface area contributed by atoms with Crippen LogP contribution in [0.15, 0.2) is 58.8 Å². The smallest absolute Gasteiger partial charge is 0.212 e. The van der Waals surface area contributed by atoms with Crippen molar-refractivity contribution in [1.82, 2.24) is 14.9 Å². The van der Waals surface area contributed by atoms with Crippen LogP contribution < -0.4 is 4.74 Å². The molecule has 1 aliphatic heterocycles. The number of rotatable bonds is 4. The number of ether oxygens (including phenoxy) is 1. The monoisotopic (exact) mass is 354 g/mol. The van der Waals surface area contributed by atoms with Crippen molar-refractivity contribution >= 4 is 17.5 Å². The van der Waals surface area contributed by atoms with Crippen molar-refractivity contribution in [3.05, 3.63) is 71.3 Å². The van der Waals surface area contributed by atoms with Crippen molar-refractivity contribution in [2.45, 2.75) is 11.6 Å². The topological polar surface area (TPSA) is 52.3 Å². The maximum absolute atomic E-state index is 13.1. The lowest BCUT2D eigenvalue weighted by molar-refractivity contribution is 0.414. The van der Waals surface area contributed by atoms with E-state index in [-0.39, 0.29) is 5.82 Å². The maximum atomic E-state index is 13.1. The lowest BCUT2D eigenvalue weighted by Gasteiger charge is -2.14. The van der Waals surface area contributed by atoms with Crippen molar-refractivity contribution < 1.29 is 9.13 Å². The summed E-state index contributed by atoms with van der Waals surface area (Å²) in [6.45, 7) is 0. The Labute approximate surface area is 148 Å². The predicted molar refractivity (Wildman–Crippen MR) is 94.9 cm³/mol. The third-order valence-electron chi connectivity index (χ3n) is 3.91. The van der Waals surface area contributed by atoms with Crippen LogP contribution in [0.25, 0.3) is 0 Å². The number of aromatic nitrogens is 3. The van der Waals surface area contributed by atoms with E-state index in [1.165, 1.54) is 12.1 Å². The number of hydrogen-bond acceptors (Lipinski definition) is 5. The Kier molecular flexibility index (Phi) is 4.23. The average Bonchev–Trinajstić information content (AvgIpc) is 3.04. The molecular weight excluding hydrogens is 339 g/mol. The summed E-state index contributed by atoms with van der Waals surface area (Å²) in [4.78, 5) is 0. The van der Waals surface area contributed by atoms with E-state index in [9.17, 15) is 4.39 Å². The normalized spacial score (nSPS) is 13.3. The summed E-state index contributed by atoms with van der Waals surface area (Å²) in [6.07, 6.45) is 0.602. The first-order valence-corrected chi connectivity index (χ1v) is 8.75. The molecule has 0 radical (unpaired) electrons. The number of benzene rings is 2. The quantitative estimate of drug-likeness (QED) is 0.721. The van der Waals surface area contributed by atoms with Gasteiger partial charge in [-0.05, 0) is 35.4 Å². The third-order valence-corrected chi connectivity index (χ3v) is 4.84. The molecule has 0 saturated carbocycles. The molecule has 3 aromatic rings. The fraction of sp³-hybridized carbons (Fsp3) is 0.167. The number of thioether (sulfide) groups is 1. The maximum Gasteiger partial charge on any atom is 0.212 e. The molecule has 7 heteroatoms. The Balaban J connectivity index is 1.65. The highest BCUT2D eigenvalue weighted by molar-refractivity contribution is 7.99. The van der Waals surface area contributed by atoms with Crippen molar-refractivity contribution in [3.8, 4) is 5.75 Å². The van der Waals surface area contributed by atoms with E-state index in [1.54, 1.807) is 35.7 Å². The number of halogens is 1. The molecule has 0 fully saturated rings. The van der Waals surface area contributed by atoms with Gasteiger partial charge >= 0.3 is 0 Å². The van der Waals surface area contributed by atoms with Gasteiger partial charge in [-0.25, -0.2) is 4.39 Å². The van der Waals surface area contributed by atoms with Crippen molar-refractivity contribution in [2.75, 3.05) is 12.9 Å². The standard InChI is InChI=1S/C18H15FN4OS/c1-24-15-4-2-3-12(9-15)10-17-20-21-18-23(17)22-16(11-25-18)13-5-7-14(19)8-6-13/h2-9H,10-11H2,1H3. The predicted octanol–water partition coefficient (Wildman–Crippen LogP) is 3.37. The van der Waals surface area contributed by atoms with Crippen LogP contribution >= 0.6 is 11.8 Å². The van der Waals surface area contributed by atoms with Gasteiger partial charge in [0.15, 0.2) is 5.82 Å². The largest absolute Gasteiger partial charge is 0.497 e. The minimum absolute atomic E-state index is 0.253. The van der Waals surface area contributed by atoms with E-state index in [4.69, 9.17) is 4.74 Å². The van der Waals surface area contributed by atoms with E-state index < -0.39 is 0 Å². The van der Waals surface area contributed by atoms with Crippen LogP contribution in [-0.2, 0) is 6.42 Å². The van der Waals surface area contributed by atoms with Crippen LogP contribution in [-0.4, -0.2) is 33.4 Å². The summed E-state index contributed by atoms with van der Waals surface area (Å²) >= 11 is 1.58. The summed E-state index contributed by atoms with van der Waals surface area (Å²) < 4.78 is 20.2. The van der Waals surface area contributed by atoms with Gasteiger partial charge in [0.25, 0.3) is 0 Å². The van der Waals surface area contributed by atoms with Crippen molar-refractivity contribution in [1.29, 1.82) is 0 Å². The van der Waals surface area contributed by atoms with Crippen molar-refractivity contribution in [2.24, 2.45) is 5.10 Å². The molecule has 0 amide bonds. The van der Waals surface area contributed by atoms with Crippen LogP contribution in [0.2, 0.25) is 0 Å². The van der Waals surface area contributed by atoms with Gasteiger partial charge in [-0.1, -0.05) is 36.0 Å². The molecular formula is C18H15FN4OS. The number of fused-ring (bicyclic) bond motifs is 1. The van der Waals surface area contributed by atoms with E-state index in [1.807, 2.05) is 24.3 Å². The van der Waals surface area contributed by atoms with Gasteiger partial charge < -0.3 is 4.74 Å². The van der Waals surface area contributed by atoms with Crippen LogP contribution in [0.1, 0.15) is 17.0 Å². The second kappa shape index (κ2) is 6.68. The number of hydrogen-bond donors (Lipinski definition) is 0. The second-order valence-corrected chi connectivity index (χ2v) is 6.52. The highest BCUT2D eigenvalue weighted by atomic mass is 32.2. The second-order valence-electron chi connectivity index (χ2n) is 5.58. The Bertz CT molecular complexity index is 937. The van der Waals surface area contributed by atoms with Gasteiger partial charge in [0.1, 0.15) is 11.6 Å². The molecule has 4 rings (SSSR count). The number of nitrogens with zero attached hydrogens (tertiary/aromatic N) is 4. The molecule has 2 aromatic carbocycles. The Hall–Kier alpha value is -2.67. The molecule has 2 heterocycles. The molecule has 0 spiro atoms. The lowest BCUT2D eigenvalue weighted by Crippen LogP contribution is -2.14. The molecule has 0 bridgehead atoms. The van der Waals surface area contributed by atoms with Gasteiger partial charge in [-0.15, -0.1) is 10.2 Å². The van der Waals surface area contributed by atoms with E-state index >= 15 is 0 Å². The molecule has 1 aromatic heterocycles. The number of methoxy groups -OCH3 is 1. The van der Waals surface area contributed by atoms with Gasteiger partial charge in [-0.2, -0.15) is 9.78 Å². The van der Waals surface area contributed by atoms with E-state index in [0.717, 1.165) is 33.6 Å². The first kappa shape index (κ1) is 15.8. The Morgan fingerprint density at radius 1 is 1.16 bits per heavy atom. The Morgan fingerprint density at radius 3 is 2.80 bits per heavy atom. The average molecular weight is 354 g/mol. The van der Waals surface area contributed by atoms with Gasteiger partial charge in [-0.3, -0.25) is 0 Å². The molecule has 0 N–H and O–H groups in total. The fourth-order valence-corrected chi connectivity index (χ4v) is 3.48. The van der Waals surface area contributed by atoms with Crippen molar-refractivity contribution in [3.63, 3.8) is 0 Å². The van der Waals surface area contributed by atoms with Gasteiger partial charge in [0.2, 0.25) is 5.16 Å². The summed E-state index contributed by atoms with van der Waals surface area (Å²) in [7, 11) is 1.65. The Morgan fingerprint density at radius 2 is 2.00 bits per heavy atom. The molecule has 0 aliphatic carbocycles. The zero-order valence-electron chi connectivity index (χ0n) is 13.5. The lowest BCUT2D eigenvalue weighted by atomic mass is 10.1. The SMILES string of the molecule is COc1cccc(Cc2nnc3n2N=C(c2ccc(F)cc2)CS3)c1. The van der Waals surface area contributed by atoms with Gasteiger partial charge in [0.05, 0.1) is 12.8 Å². The molecule has 25 heavy (non-hydrogen) atoms. The summed E-state index contributed by atoms with van der Waals surface area (Å²) in [5.41, 5.74) is 2.86. The third kappa shape index (κ3) is 3.28. The summed E-state index contributed by atoms with van der Waals surface area (Å²) in [6, 6.07) is 14.2. The molecule has 0 saturated heterocycles. The first-order chi connectivity index (χ1) is 12.2. The molecule has 0 atom stereocenters. The molecule has 0 unspecified atom stereocenters. The van der Waals surface area contributed by atoms with E-state index in [0.29, 0.717) is 12.2 Å². The zero-order valence-corrected chi connectivity index (χ0v) is 14.3. The summed E-state index contributed by atoms with van der Waals surface area (Å²) in [5.74, 6) is 2.00. The molecule has 1 aliphatic rings. The van der Waals surface area contributed by atoms with Crippen LogP contribution in [0.4, 0.5) is 4.39 Å². The summed E-state index contributed by atoms with van der Waals surface area (Å²) in [5, 5.41) is 13.9. The van der Waals surface area contributed by atoms with Crippen LogP contribution in [0.3, 0.4) is 0 Å². The molecule has 126 valence electrons.